The molecule has 1 aromatic rings. The fourth-order valence-electron chi connectivity index (χ4n) is 2.90. The minimum Gasteiger partial charge on any atom is -0.469 e. The fraction of sp³-hybridized carbons (Fsp3) is 0.500. The molecule has 7 heteroatoms. The van der Waals surface area contributed by atoms with Gasteiger partial charge in [-0.1, -0.05) is 11.6 Å². The van der Waals surface area contributed by atoms with Crippen LogP contribution in [0.5, 0.6) is 0 Å². The number of rotatable bonds is 5. The Bertz CT molecular complexity index is 632. The van der Waals surface area contributed by atoms with Crippen LogP contribution in [0.25, 0.3) is 0 Å². The minimum absolute atomic E-state index is 0.100. The quantitative estimate of drug-likeness (QED) is 0.811. The van der Waals surface area contributed by atoms with Gasteiger partial charge in [-0.2, -0.15) is 0 Å². The van der Waals surface area contributed by atoms with Crippen LogP contribution in [0.4, 0.5) is 0 Å². The third-order valence-electron chi connectivity index (χ3n) is 4.26. The van der Waals surface area contributed by atoms with Crippen LogP contribution in [0, 0.1) is 5.92 Å². The normalized spacial score (nSPS) is 18.4. The Morgan fingerprint density at radius 1 is 1.32 bits per heavy atom. The van der Waals surface area contributed by atoms with E-state index in [2.05, 4.69) is 10.1 Å². The van der Waals surface area contributed by atoms with Gasteiger partial charge >= 0.3 is 5.97 Å². The molecule has 0 aliphatic carbocycles. The number of hydrogen-bond acceptors (Lipinski definition) is 4. The first kappa shape index (κ1) is 19.2. The number of carbonyl (C=O) groups excluding carboxylic acids is 3. The molecule has 1 N–H and O–H groups in total. The summed E-state index contributed by atoms with van der Waals surface area (Å²) >= 11 is 5.85. The lowest BCUT2D eigenvalue weighted by Gasteiger charge is -2.32. The number of methoxy groups -OCH3 is 1. The van der Waals surface area contributed by atoms with E-state index in [-0.39, 0.29) is 36.2 Å². The first-order valence-electron chi connectivity index (χ1n) is 8.32. The summed E-state index contributed by atoms with van der Waals surface area (Å²) in [5.74, 6) is -0.872. The maximum atomic E-state index is 12.6. The molecule has 1 aliphatic rings. The van der Waals surface area contributed by atoms with Gasteiger partial charge in [-0.3, -0.25) is 14.4 Å². The Morgan fingerprint density at radius 3 is 2.64 bits per heavy atom. The van der Waals surface area contributed by atoms with Gasteiger partial charge in [0, 0.05) is 29.7 Å². The number of benzene rings is 1. The Labute approximate surface area is 152 Å². The number of hydrogen-bond donors (Lipinski definition) is 1. The molecule has 6 nitrogen and oxygen atoms in total. The van der Waals surface area contributed by atoms with Crippen LogP contribution in [-0.4, -0.2) is 48.9 Å². The lowest BCUT2D eigenvalue weighted by molar-refractivity contribution is -0.141. The van der Waals surface area contributed by atoms with Gasteiger partial charge in [-0.15, -0.1) is 0 Å². The van der Waals surface area contributed by atoms with Crippen molar-refractivity contribution in [1.82, 2.24) is 10.2 Å². The van der Waals surface area contributed by atoms with Gasteiger partial charge < -0.3 is 15.0 Å². The van der Waals surface area contributed by atoms with E-state index < -0.39 is 0 Å². The van der Waals surface area contributed by atoms with E-state index in [9.17, 15) is 14.4 Å². The molecule has 1 saturated heterocycles. The number of amides is 2. The second-order valence-corrected chi connectivity index (χ2v) is 6.72. The molecule has 0 spiro atoms. The molecular formula is C18H23ClN2O4. The van der Waals surface area contributed by atoms with Crippen LogP contribution in [0.1, 0.15) is 36.5 Å². The molecule has 1 fully saturated rings. The van der Waals surface area contributed by atoms with Crippen LogP contribution < -0.4 is 5.32 Å². The van der Waals surface area contributed by atoms with E-state index in [0.717, 1.165) is 12.8 Å². The molecule has 1 aromatic carbocycles. The topological polar surface area (TPSA) is 75.7 Å². The molecular weight excluding hydrogens is 344 g/mol. The lowest BCUT2D eigenvalue weighted by atomic mass is 9.96. The summed E-state index contributed by atoms with van der Waals surface area (Å²) in [5.41, 5.74) is 0.560. The number of likely N-dealkylation sites (tertiary alicyclic amines) is 1. The van der Waals surface area contributed by atoms with Crippen molar-refractivity contribution in [3.8, 4) is 0 Å². The van der Waals surface area contributed by atoms with E-state index in [4.69, 9.17) is 11.6 Å². The summed E-state index contributed by atoms with van der Waals surface area (Å²) < 4.78 is 4.60. The van der Waals surface area contributed by atoms with Crippen LogP contribution >= 0.6 is 11.6 Å². The Balaban J connectivity index is 1.93. The first-order chi connectivity index (χ1) is 11.9. The van der Waals surface area contributed by atoms with Crippen molar-refractivity contribution in [2.75, 3.05) is 20.2 Å². The Hall–Kier alpha value is -2.08. The second-order valence-electron chi connectivity index (χ2n) is 6.29. The van der Waals surface area contributed by atoms with Crippen LogP contribution in [-0.2, 0) is 14.3 Å². The zero-order valence-corrected chi connectivity index (χ0v) is 15.2. The largest absolute Gasteiger partial charge is 0.469 e. The molecule has 0 aromatic heterocycles. The highest BCUT2D eigenvalue weighted by molar-refractivity contribution is 6.30. The first-order valence-corrected chi connectivity index (χ1v) is 8.70. The lowest BCUT2D eigenvalue weighted by Crippen LogP contribution is -2.47. The number of ether oxygens (including phenoxy) is 1. The molecule has 25 heavy (non-hydrogen) atoms. The number of nitrogens with zero attached hydrogens (tertiary/aromatic N) is 1. The predicted molar refractivity (Wildman–Crippen MR) is 94.3 cm³/mol. The molecule has 0 saturated carbocycles. The van der Waals surface area contributed by atoms with E-state index in [1.54, 1.807) is 36.1 Å². The summed E-state index contributed by atoms with van der Waals surface area (Å²) in [6.45, 7) is 2.76. The number of carbonyl (C=O) groups is 3. The molecule has 2 rings (SSSR count). The average Bonchev–Trinajstić information content (AvgIpc) is 2.61. The Kier molecular flexibility index (Phi) is 6.82. The number of nitrogens with one attached hydrogen (secondary N) is 1. The highest BCUT2D eigenvalue weighted by Gasteiger charge is 2.29. The van der Waals surface area contributed by atoms with E-state index in [1.807, 2.05) is 0 Å². The summed E-state index contributed by atoms with van der Waals surface area (Å²) in [6, 6.07) is 6.43. The van der Waals surface area contributed by atoms with E-state index in [0.29, 0.717) is 23.7 Å². The van der Waals surface area contributed by atoms with Crippen molar-refractivity contribution in [1.29, 1.82) is 0 Å². The van der Waals surface area contributed by atoms with Gasteiger partial charge in [0.15, 0.2) is 0 Å². The smallest absolute Gasteiger partial charge is 0.307 e. The second kappa shape index (κ2) is 8.85. The van der Waals surface area contributed by atoms with Gasteiger partial charge in [0.2, 0.25) is 5.91 Å². The van der Waals surface area contributed by atoms with Crippen molar-refractivity contribution in [3.05, 3.63) is 34.9 Å². The minimum atomic E-state index is -0.365. The summed E-state index contributed by atoms with van der Waals surface area (Å²) in [5, 5.41) is 3.40. The zero-order valence-electron chi connectivity index (χ0n) is 14.5. The number of piperidine rings is 1. The van der Waals surface area contributed by atoms with Crippen molar-refractivity contribution in [2.45, 2.75) is 32.2 Å². The molecule has 0 radical (unpaired) electrons. The molecule has 1 aliphatic heterocycles. The third kappa shape index (κ3) is 5.46. The van der Waals surface area contributed by atoms with Crippen molar-refractivity contribution in [2.24, 2.45) is 5.92 Å². The number of halogens is 1. The zero-order chi connectivity index (χ0) is 18.4. The van der Waals surface area contributed by atoms with Crippen LogP contribution in [0.15, 0.2) is 24.3 Å². The molecule has 2 atom stereocenters. The molecule has 2 unspecified atom stereocenters. The highest BCUT2D eigenvalue weighted by atomic mass is 35.5. The third-order valence-corrected chi connectivity index (χ3v) is 4.51. The van der Waals surface area contributed by atoms with Crippen molar-refractivity contribution < 1.29 is 19.1 Å². The summed E-state index contributed by atoms with van der Waals surface area (Å²) in [6.07, 6.45) is 1.62. The number of esters is 1. The Morgan fingerprint density at radius 2 is 2.00 bits per heavy atom. The maximum Gasteiger partial charge on any atom is 0.307 e. The van der Waals surface area contributed by atoms with E-state index in [1.165, 1.54) is 7.11 Å². The maximum absolute atomic E-state index is 12.6. The molecule has 0 bridgehead atoms. The molecule has 136 valence electrons. The predicted octanol–water partition coefficient (Wildman–Crippen LogP) is 2.26. The van der Waals surface area contributed by atoms with Gasteiger partial charge in [0.25, 0.3) is 5.91 Å². The van der Waals surface area contributed by atoms with Gasteiger partial charge in [-0.25, -0.2) is 0 Å². The van der Waals surface area contributed by atoms with Crippen LogP contribution in [0.3, 0.4) is 0 Å². The standard InChI is InChI=1S/C18H23ClN2O4/c1-12(10-16(22)25-2)20-17(23)14-4-3-9-21(11-14)18(24)13-5-7-15(19)8-6-13/h5-8,12,14H,3-4,9-11H2,1-2H3,(H,20,23). The van der Waals surface area contributed by atoms with E-state index >= 15 is 0 Å². The van der Waals surface area contributed by atoms with Gasteiger partial charge in [-0.05, 0) is 44.0 Å². The summed E-state index contributed by atoms with van der Waals surface area (Å²) in [4.78, 5) is 37.9. The SMILES string of the molecule is COC(=O)CC(C)NC(=O)C1CCCN(C(=O)c2ccc(Cl)cc2)C1. The van der Waals surface area contributed by atoms with Crippen molar-refractivity contribution in [3.63, 3.8) is 0 Å². The molecule has 1 heterocycles. The average molecular weight is 367 g/mol. The fourth-order valence-corrected chi connectivity index (χ4v) is 3.02. The van der Waals surface area contributed by atoms with Gasteiger partial charge in [0.1, 0.15) is 0 Å². The van der Waals surface area contributed by atoms with Crippen molar-refractivity contribution >= 4 is 29.4 Å². The highest BCUT2D eigenvalue weighted by Crippen LogP contribution is 2.20. The summed E-state index contributed by atoms with van der Waals surface area (Å²) in [7, 11) is 1.32. The monoisotopic (exact) mass is 366 g/mol. The van der Waals surface area contributed by atoms with Gasteiger partial charge in [0.05, 0.1) is 19.4 Å². The van der Waals surface area contributed by atoms with Crippen LogP contribution in [0.2, 0.25) is 5.02 Å². The molecule has 2 amide bonds.